The lowest BCUT2D eigenvalue weighted by Gasteiger charge is -2.14. The van der Waals surface area contributed by atoms with Crippen LogP contribution in [0.1, 0.15) is 30.8 Å². The largest absolute Gasteiger partial charge is 0.493 e. The molecule has 0 bridgehead atoms. The van der Waals surface area contributed by atoms with Gasteiger partial charge in [-0.05, 0) is 19.8 Å². The fraction of sp³-hybridized carbons (Fsp3) is 0.500. The molecule has 0 unspecified atom stereocenters. The third kappa shape index (κ3) is 4.72. The summed E-state index contributed by atoms with van der Waals surface area (Å²) in [5.41, 5.74) is 3.45. The maximum Gasteiger partial charge on any atom is 0.228 e. The number of benzene rings is 1. The van der Waals surface area contributed by atoms with Crippen LogP contribution < -0.4 is 19.5 Å². The summed E-state index contributed by atoms with van der Waals surface area (Å²) in [6, 6.07) is 3.42. The van der Waals surface area contributed by atoms with Gasteiger partial charge in [0, 0.05) is 35.6 Å². The summed E-state index contributed by atoms with van der Waals surface area (Å²) in [6.45, 7) is 9.07. The number of ether oxygens (including phenoxy) is 3. The number of anilines is 1. The van der Waals surface area contributed by atoms with E-state index in [1.54, 1.807) is 33.5 Å². The van der Waals surface area contributed by atoms with Crippen molar-refractivity contribution >= 4 is 11.6 Å². The highest BCUT2D eigenvalue weighted by atomic mass is 16.5. The molecule has 7 heteroatoms. The van der Waals surface area contributed by atoms with Gasteiger partial charge in [0.25, 0.3) is 0 Å². The van der Waals surface area contributed by atoms with Crippen LogP contribution in [0.5, 0.6) is 17.2 Å². The lowest BCUT2D eigenvalue weighted by atomic mass is 10.1. The number of nitrogens with one attached hydrogen (secondary N) is 1. The Balaban J connectivity index is 2.20. The molecule has 0 aliphatic heterocycles. The highest BCUT2D eigenvalue weighted by Gasteiger charge is 2.18. The molecule has 2 aromatic rings. The first-order valence-electron chi connectivity index (χ1n) is 8.93. The molecular formula is C20H29N3O4. The molecule has 0 atom stereocenters. The van der Waals surface area contributed by atoms with Crippen LogP contribution in [0.15, 0.2) is 12.1 Å². The van der Waals surface area contributed by atoms with E-state index < -0.39 is 0 Å². The van der Waals surface area contributed by atoms with Crippen LogP contribution in [-0.4, -0.2) is 37.0 Å². The Morgan fingerprint density at radius 2 is 1.70 bits per heavy atom. The molecule has 2 rings (SSSR count). The van der Waals surface area contributed by atoms with E-state index in [1.807, 2.05) is 18.5 Å². The normalized spacial score (nSPS) is 10.8. The van der Waals surface area contributed by atoms with Crippen molar-refractivity contribution in [3.05, 3.63) is 29.1 Å². The predicted octanol–water partition coefficient (Wildman–Crippen LogP) is 3.36. The number of aromatic nitrogens is 2. The van der Waals surface area contributed by atoms with E-state index >= 15 is 0 Å². The smallest absolute Gasteiger partial charge is 0.228 e. The van der Waals surface area contributed by atoms with Crippen molar-refractivity contribution in [2.24, 2.45) is 5.92 Å². The predicted molar refractivity (Wildman–Crippen MR) is 105 cm³/mol. The Morgan fingerprint density at radius 1 is 1.11 bits per heavy atom. The Bertz CT molecular complexity index is 787. The van der Waals surface area contributed by atoms with Gasteiger partial charge in [-0.3, -0.25) is 9.48 Å². The van der Waals surface area contributed by atoms with Crippen LogP contribution in [0, 0.1) is 19.8 Å². The molecule has 1 aromatic carbocycles. The van der Waals surface area contributed by atoms with Crippen molar-refractivity contribution < 1.29 is 19.0 Å². The lowest BCUT2D eigenvalue weighted by Crippen LogP contribution is -2.16. The number of hydrogen-bond acceptors (Lipinski definition) is 5. The van der Waals surface area contributed by atoms with Crippen LogP contribution in [0.2, 0.25) is 0 Å². The van der Waals surface area contributed by atoms with Crippen LogP contribution >= 0.6 is 0 Å². The Morgan fingerprint density at radius 3 is 2.19 bits per heavy atom. The molecule has 7 nitrogen and oxygen atoms in total. The maximum atomic E-state index is 12.6. The molecule has 0 aliphatic carbocycles. The highest BCUT2D eigenvalue weighted by molar-refractivity contribution is 5.93. The quantitative estimate of drug-likeness (QED) is 0.766. The van der Waals surface area contributed by atoms with Gasteiger partial charge in [-0.2, -0.15) is 5.10 Å². The average Bonchev–Trinajstić information content (AvgIpc) is 2.87. The standard InChI is InChI=1S/C20H29N3O4/c1-12(2)11-23-14(4)16(13(3)22-23)10-19(24)21-15-8-17(25-5)20(27-7)18(9-15)26-6/h8-9,12H,10-11H2,1-7H3,(H,21,24). The first-order chi connectivity index (χ1) is 12.8. The minimum atomic E-state index is -0.125. The topological polar surface area (TPSA) is 74.6 Å². The van der Waals surface area contributed by atoms with Crippen molar-refractivity contribution in [3.8, 4) is 17.2 Å². The fourth-order valence-electron chi connectivity index (χ4n) is 3.03. The Labute approximate surface area is 160 Å². The van der Waals surface area contributed by atoms with E-state index in [9.17, 15) is 4.79 Å². The molecule has 0 spiro atoms. The summed E-state index contributed by atoms with van der Waals surface area (Å²) in [4.78, 5) is 12.6. The molecule has 1 aromatic heterocycles. The fourth-order valence-corrected chi connectivity index (χ4v) is 3.03. The van der Waals surface area contributed by atoms with Crippen LogP contribution in [0.3, 0.4) is 0 Å². The first-order valence-corrected chi connectivity index (χ1v) is 8.93. The summed E-state index contributed by atoms with van der Waals surface area (Å²) in [6.07, 6.45) is 0.256. The molecule has 0 fully saturated rings. The molecule has 1 heterocycles. The Kier molecular flexibility index (Phi) is 6.71. The van der Waals surface area contributed by atoms with Gasteiger partial charge in [-0.15, -0.1) is 0 Å². The molecule has 0 saturated heterocycles. The summed E-state index contributed by atoms with van der Waals surface area (Å²) in [5.74, 6) is 1.83. The van der Waals surface area contributed by atoms with Gasteiger partial charge >= 0.3 is 0 Å². The molecule has 1 N–H and O–H groups in total. The van der Waals surface area contributed by atoms with E-state index in [0.29, 0.717) is 28.9 Å². The molecule has 27 heavy (non-hydrogen) atoms. The third-order valence-electron chi connectivity index (χ3n) is 4.36. The summed E-state index contributed by atoms with van der Waals surface area (Å²) >= 11 is 0. The van der Waals surface area contributed by atoms with Crippen LogP contribution in [-0.2, 0) is 17.8 Å². The van der Waals surface area contributed by atoms with E-state index in [4.69, 9.17) is 14.2 Å². The average molecular weight is 375 g/mol. The number of nitrogens with zero attached hydrogens (tertiary/aromatic N) is 2. The maximum absolute atomic E-state index is 12.6. The van der Waals surface area contributed by atoms with Gasteiger partial charge in [-0.1, -0.05) is 13.8 Å². The van der Waals surface area contributed by atoms with E-state index in [0.717, 1.165) is 23.5 Å². The minimum absolute atomic E-state index is 0.125. The van der Waals surface area contributed by atoms with Crippen molar-refractivity contribution in [1.82, 2.24) is 9.78 Å². The van der Waals surface area contributed by atoms with Crippen LogP contribution in [0.4, 0.5) is 5.69 Å². The highest BCUT2D eigenvalue weighted by Crippen LogP contribution is 2.39. The first kappa shape index (κ1) is 20.6. The number of hydrogen-bond donors (Lipinski definition) is 1. The lowest BCUT2D eigenvalue weighted by molar-refractivity contribution is -0.115. The third-order valence-corrected chi connectivity index (χ3v) is 4.36. The molecule has 1 amide bonds. The van der Waals surface area contributed by atoms with Crippen LogP contribution in [0.25, 0.3) is 0 Å². The zero-order valence-electron chi connectivity index (χ0n) is 17.2. The summed E-state index contributed by atoms with van der Waals surface area (Å²) in [7, 11) is 4.62. The number of amides is 1. The second-order valence-electron chi connectivity index (χ2n) is 6.86. The van der Waals surface area contributed by atoms with Gasteiger partial charge < -0.3 is 19.5 Å². The van der Waals surface area contributed by atoms with Gasteiger partial charge in [-0.25, -0.2) is 0 Å². The van der Waals surface area contributed by atoms with Crippen molar-refractivity contribution in [3.63, 3.8) is 0 Å². The van der Waals surface area contributed by atoms with E-state index in [2.05, 4.69) is 24.3 Å². The van der Waals surface area contributed by atoms with Gasteiger partial charge in [0.15, 0.2) is 11.5 Å². The number of methoxy groups -OCH3 is 3. The van der Waals surface area contributed by atoms with Crippen molar-refractivity contribution in [2.75, 3.05) is 26.6 Å². The van der Waals surface area contributed by atoms with Crippen molar-refractivity contribution in [1.29, 1.82) is 0 Å². The second kappa shape index (κ2) is 8.79. The Hall–Kier alpha value is -2.70. The zero-order chi connectivity index (χ0) is 20.1. The number of carbonyl (C=O) groups is 1. The molecule has 148 valence electrons. The second-order valence-corrected chi connectivity index (χ2v) is 6.86. The molecule has 0 saturated carbocycles. The van der Waals surface area contributed by atoms with E-state index in [1.165, 1.54) is 0 Å². The zero-order valence-corrected chi connectivity index (χ0v) is 17.2. The number of carbonyl (C=O) groups excluding carboxylic acids is 1. The molecular weight excluding hydrogens is 346 g/mol. The van der Waals surface area contributed by atoms with Gasteiger partial charge in [0.1, 0.15) is 0 Å². The summed E-state index contributed by atoms with van der Waals surface area (Å²) < 4.78 is 17.9. The van der Waals surface area contributed by atoms with Gasteiger partial charge in [0.05, 0.1) is 33.4 Å². The molecule has 0 radical (unpaired) electrons. The monoisotopic (exact) mass is 375 g/mol. The summed E-state index contributed by atoms with van der Waals surface area (Å²) in [5, 5.41) is 7.47. The minimum Gasteiger partial charge on any atom is -0.493 e. The molecule has 0 aliphatic rings. The number of rotatable bonds is 8. The van der Waals surface area contributed by atoms with Gasteiger partial charge in [0.2, 0.25) is 11.7 Å². The SMILES string of the molecule is COc1cc(NC(=O)Cc2c(C)nn(CC(C)C)c2C)cc(OC)c1OC. The number of aryl methyl sites for hydroxylation is 1. The van der Waals surface area contributed by atoms with E-state index in [-0.39, 0.29) is 12.3 Å². The van der Waals surface area contributed by atoms with Crippen molar-refractivity contribution in [2.45, 2.75) is 40.7 Å².